The summed E-state index contributed by atoms with van der Waals surface area (Å²) in [7, 11) is 2.05. The minimum Gasteiger partial charge on any atom is -0.358 e. The normalized spacial score (nSPS) is 27.7. The maximum Gasteiger partial charge on any atom is 0.272 e. The number of nitrogens with one attached hydrogen (secondary N) is 3. The molecule has 7 heteroatoms. The lowest BCUT2D eigenvalue weighted by molar-refractivity contribution is 0.0844. The largest absolute Gasteiger partial charge is 0.358 e. The smallest absolute Gasteiger partial charge is 0.272 e. The number of aromatic nitrogens is 2. The van der Waals surface area contributed by atoms with Gasteiger partial charge in [-0.2, -0.15) is 5.10 Å². The molecule has 142 valence electrons. The number of hydrogen-bond acceptors (Lipinski definition) is 5. The fourth-order valence-electron chi connectivity index (χ4n) is 4.75. The van der Waals surface area contributed by atoms with Crippen LogP contribution in [-0.4, -0.2) is 66.1 Å². The summed E-state index contributed by atoms with van der Waals surface area (Å²) in [6.07, 6.45) is 3.74. The van der Waals surface area contributed by atoms with E-state index in [0.29, 0.717) is 11.6 Å². The van der Waals surface area contributed by atoms with Crippen molar-refractivity contribution < 1.29 is 4.79 Å². The lowest BCUT2D eigenvalue weighted by Crippen LogP contribution is -2.49. The molecule has 1 aliphatic carbocycles. The molecule has 1 saturated carbocycles. The van der Waals surface area contributed by atoms with E-state index in [1.54, 1.807) is 0 Å². The van der Waals surface area contributed by atoms with Gasteiger partial charge in [0.05, 0.1) is 12.1 Å². The predicted octanol–water partition coefficient (Wildman–Crippen LogP) is 1.37. The maximum absolute atomic E-state index is 12.9. The van der Waals surface area contributed by atoms with E-state index in [9.17, 15) is 4.79 Å². The van der Waals surface area contributed by atoms with Crippen molar-refractivity contribution in [2.45, 2.75) is 25.3 Å². The molecule has 7 nitrogen and oxygen atoms in total. The summed E-state index contributed by atoms with van der Waals surface area (Å²) < 4.78 is 0. The first kappa shape index (κ1) is 16.7. The first-order valence-electron chi connectivity index (χ1n) is 9.96. The van der Waals surface area contributed by atoms with Crippen LogP contribution in [0.25, 0.3) is 10.9 Å². The number of carbonyl (C=O) groups excluding carboxylic acids is 1. The first-order valence-corrected chi connectivity index (χ1v) is 9.96. The van der Waals surface area contributed by atoms with Gasteiger partial charge in [0.25, 0.3) is 5.91 Å². The van der Waals surface area contributed by atoms with Gasteiger partial charge in [-0.1, -0.05) is 6.07 Å². The van der Waals surface area contributed by atoms with Gasteiger partial charge in [0.2, 0.25) is 0 Å². The van der Waals surface area contributed by atoms with E-state index >= 15 is 0 Å². The molecule has 27 heavy (non-hydrogen) atoms. The Morgan fingerprint density at radius 1 is 1.30 bits per heavy atom. The van der Waals surface area contributed by atoms with Gasteiger partial charge < -0.3 is 15.5 Å². The Kier molecular flexibility index (Phi) is 4.11. The van der Waals surface area contributed by atoms with E-state index in [0.717, 1.165) is 54.4 Å². The molecular weight excluding hydrogens is 340 g/mol. The van der Waals surface area contributed by atoms with Crippen LogP contribution in [0.15, 0.2) is 23.2 Å². The first-order chi connectivity index (χ1) is 13.2. The van der Waals surface area contributed by atoms with Gasteiger partial charge in [-0.05, 0) is 49.8 Å². The highest BCUT2D eigenvalue weighted by molar-refractivity contribution is 6.07. The van der Waals surface area contributed by atoms with Crippen molar-refractivity contribution in [3.8, 4) is 0 Å². The van der Waals surface area contributed by atoms with Crippen LogP contribution in [0.5, 0.6) is 0 Å². The molecule has 1 aromatic heterocycles. The number of H-pyrrole nitrogens is 1. The van der Waals surface area contributed by atoms with Crippen molar-refractivity contribution in [1.82, 2.24) is 25.7 Å². The minimum absolute atomic E-state index is 0.0799. The monoisotopic (exact) mass is 366 g/mol. The zero-order chi connectivity index (χ0) is 18.4. The second kappa shape index (κ2) is 6.64. The summed E-state index contributed by atoms with van der Waals surface area (Å²) in [6, 6.07) is 6.25. The van der Waals surface area contributed by atoms with Crippen LogP contribution in [0.4, 0.5) is 0 Å². The summed E-state index contributed by atoms with van der Waals surface area (Å²) in [5.74, 6) is 2.28. The van der Waals surface area contributed by atoms with E-state index in [-0.39, 0.29) is 11.9 Å². The van der Waals surface area contributed by atoms with E-state index in [1.807, 2.05) is 18.2 Å². The lowest BCUT2D eigenvalue weighted by atomic mass is 9.69. The number of nitrogens with zero attached hydrogens (tertiary/aromatic N) is 3. The molecule has 3 aliphatic rings. The second-order valence-electron chi connectivity index (χ2n) is 8.03. The molecular formula is C20H26N6O. The number of fused-ring (bicyclic) bond motifs is 2. The fraction of sp³-hybridized carbons (Fsp3) is 0.550. The Morgan fingerprint density at radius 2 is 2.22 bits per heavy atom. The highest BCUT2D eigenvalue weighted by Crippen LogP contribution is 2.40. The third-order valence-electron chi connectivity index (χ3n) is 6.46. The Labute approximate surface area is 158 Å². The molecule has 2 aliphatic heterocycles. The number of likely N-dealkylation sites (N-methyl/N-ethyl adjacent to an activating group) is 1. The van der Waals surface area contributed by atoms with Crippen molar-refractivity contribution in [2.24, 2.45) is 16.8 Å². The molecule has 0 spiro atoms. The van der Waals surface area contributed by atoms with Crippen LogP contribution in [0.2, 0.25) is 0 Å². The quantitative estimate of drug-likeness (QED) is 0.766. The van der Waals surface area contributed by atoms with Crippen molar-refractivity contribution in [3.05, 3.63) is 29.5 Å². The zero-order valence-corrected chi connectivity index (χ0v) is 15.7. The minimum atomic E-state index is -0.0799. The number of carbonyl (C=O) groups is 1. The van der Waals surface area contributed by atoms with E-state index in [4.69, 9.17) is 0 Å². The highest BCUT2D eigenvalue weighted by atomic mass is 16.2. The number of rotatable bonds is 3. The SMILES string of the molecule is CN1CCN=C1c1ccc2c(C(=O)N[C@H]3CNCCC4CC[C@@H]43)n[nH]c2c1. The van der Waals surface area contributed by atoms with Crippen LogP contribution in [-0.2, 0) is 0 Å². The van der Waals surface area contributed by atoms with E-state index in [2.05, 4.69) is 37.8 Å². The molecule has 3 atom stereocenters. The van der Waals surface area contributed by atoms with Crippen LogP contribution < -0.4 is 10.6 Å². The number of aromatic amines is 1. The molecule has 1 unspecified atom stereocenters. The Hall–Kier alpha value is -2.41. The van der Waals surface area contributed by atoms with Gasteiger partial charge in [0.1, 0.15) is 5.84 Å². The van der Waals surface area contributed by atoms with Gasteiger partial charge in [0.15, 0.2) is 5.69 Å². The molecule has 2 aromatic rings. The number of aliphatic imine (C=N–C) groups is 1. The summed E-state index contributed by atoms with van der Waals surface area (Å²) in [5.41, 5.74) is 2.42. The Bertz CT molecular complexity index is 903. The molecule has 2 fully saturated rings. The molecule has 0 radical (unpaired) electrons. The third kappa shape index (κ3) is 2.90. The summed E-state index contributed by atoms with van der Waals surface area (Å²) in [6.45, 7) is 3.69. The zero-order valence-electron chi connectivity index (χ0n) is 15.7. The number of amidine groups is 1. The topological polar surface area (TPSA) is 85.4 Å². The molecule has 0 bridgehead atoms. The standard InChI is InChI=1S/C20H26N6O/c1-26-9-8-22-19(26)13-3-5-15-16(10-13)24-25-18(15)20(27)23-17-11-21-7-6-12-2-4-14(12)17/h3,5,10,12,14,17,21H,2,4,6-9,11H2,1H3,(H,23,27)(H,24,25)/t12?,14-,17-/m0/s1. The van der Waals surface area contributed by atoms with Gasteiger partial charge in [0, 0.05) is 37.1 Å². The summed E-state index contributed by atoms with van der Waals surface area (Å²) >= 11 is 0. The molecule has 5 rings (SSSR count). The number of amides is 1. The van der Waals surface area contributed by atoms with Crippen LogP contribution >= 0.6 is 0 Å². The average molecular weight is 366 g/mol. The summed E-state index contributed by atoms with van der Waals surface area (Å²) in [4.78, 5) is 19.6. The van der Waals surface area contributed by atoms with Crippen molar-refractivity contribution in [1.29, 1.82) is 0 Å². The lowest BCUT2D eigenvalue weighted by Gasteiger charge is -2.40. The number of benzene rings is 1. The molecule has 1 aromatic carbocycles. The van der Waals surface area contributed by atoms with E-state index in [1.165, 1.54) is 19.3 Å². The van der Waals surface area contributed by atoms with Crippen molar-refractivity contribution in [3.63, 3.8) is 0 Å². The summed E-state index contributed by atoms with van der Waals surface area (Å²) in [5, 5.41) is 14.9. The van der Waals surface area contributed by atoms with Crippen molar-refractivity contribution >= 4 is 22.6 Å². The molecule has 3 heterocycles. The molecule has 3 N–H and O–H groups in total. The van der Waals surface area contributed by atoms with Gasteiger partial charge in [-0.3, -0.25) is 14.9 Å². The van der Waals surface area contributed by atoms with Gasteiger partial charge >= 0.3 is 0 Å². The van der Waals surface area contributed by atoms with Crippen molar-refractivity contribution in [2.75, 3.05) is 33.2 Å². The van der Waals surface area contributed by atoms with Gasteiger partial charge in [-0.25, -0.2) is 0 Å². The van der Waals surface area contributed by atoms with Gasteiger partial charge in [-0.15, -0.1) is 0 Å². The van der Waals surface area contributed by atoms with Crippen LogP contribution in [0.3, 0.4) is 0 Å². The molecule has 1 amide bonds. The van der Waals surface area contributed by atoms with Crippen LogP contribution in [0.1, 0.15) is 35.3 Å². The molecule has 1 saturated heterocycles. The second-order valence-corrected chi connectivity index (χ2v) is 8.03. The Morgan fingerprint density at radius 3 is 3.00 bits per heavy atom. The highest BCUT2D eigenvalue weighted by Gasteiger charge is 2.39. The Balaban J connectivity index is 1.37. The maximum atomic E-state index is 12.9. The number of hydrogen-bond donors (Lipinski definition) is 3. The van der Waals surface area contributed by atoms with Crippen LogP contribution in [0, 0.1) is 11.8 Å². The average Bonchev–Trinajstić information content (AvgIpc) is 3.22. The predicted molar refractivity (Wildman–Crippen MR) is 105 cm³/mol. The third-order valence-corrected chi connectivity index (χ3v) is 6.46. The fourth-order valence-corrected chi connectivity index (χ4v) is 4.75. The van der Waals surface area contributed by atoms with E-state index < -0.39 is 0 Å².